The van der Waals surface area contributed by atoms with E-state index in [2.05, 4.69) is 9.88 Å². The van der Waals surface area contributed by atoms with Gasteiger partial charge in [0.05, 0.1) is 30.5 Å². The number of rotatable bonds is 7. The number of β-amino-alcohol motifs (C(OH)–C–C–N with tert-alkyl or cyclic N) is 1. The highest BCUT2D eigenvalue weighted by atomic mass is 19.4. The second-order valence-corrected chi connectivity index (χ2v) is 9.59. The second kappa shape index (κ2) is 11.6. The molecule has 0 radical (unpaired) electrons. The van der Waals surface area contributed by atoms with Crippen LogP contribution in [-0.4, -0.2) is 73.2 Å². The summed E-state index contributed by atoms with van der Waals surface area (Å²) in [5, 5.41) is 10.8. The average Bonchev–Trinajstić information content (AvgIpc) is 2.92. The van der Waals surface area contributed by atoms with Crippen LogP contribution in [0.15, 0.2) is 60.8 Å². The van der Waals surface area contributed by atoms with Crippen LogP contribution in [0.3, 0.4) is 0 Å². The Balaban J connectivity index is 1.62. The van der Waals surface area contributed by atoms with Gasteiger partial charge >= 0.3 is 6.18 Å². The number of aliphatic hydroxyl groups is 1. The number of nitrogens with zero attached hydrogens (tertiary/aromatic N) is 4. The molecule has 0 aliphatic carbocycles. The molecule has 4 rings (SSSR count). The predicted molar refractivity (Wildman–Crippen MR) is 138 cm³/mol. The standard InChI is InChI=1S/C28H30F4N4O3/c1-34(2)27(38)22-14-21(39-3)9-10-23(22)36-13-12-35(16-24(36)18-4-7-20(29)8-5-18)17-25(37)19-6-11-26(33-15-19)28(30,31)32/h4-11,14-15,24-25,37H,12-13,16-17H2,1-3H3/t24-,25+/m0/s1. The number of aliphatic hydroxyl groups excluding tert-OH is 1. The minimum atomic E-state index is -4.56. The number of hydrogen-bond acceptors (Lipinski definition) is 6. The molecule has 0 spiro atoms. The van der Waals surface area contributed by atoms with Crippen molar-refractivity contribution in [3.05, 3.63) is 89.0 Å². The van der Waals surface area contributed by atoms with Crippen LogP contribution in [0.4, 0.5) is 23.2 Å². The number of carbonyl (C=O) groups excluding carboxylic acids is 1. The maximum absolute atomic E-state index is 13.8. The summed E-state index contributed by atoms with van der Waals surface area (Å²) in [5.41, 5.74) is 1.21. The predicted octanol–water partition coefficient (Wildman–Crippen LogP) is 4.55. The highest BCUT2D eigenvalue weighted by Crippen LogP contribution is 2.36. The quantitative estimate of drug-likeness (QED) is 0.439. The van der Waals surface area contributed by atoms with Crippen molar-refractivity contribution in [3.63, 3.8) is 0 Å². The third-order valence-electron chi connectivity index (χ3n) is 6.76. The lowest BCUT2D eigenvalue weighted by Gasteiger charge is -2.44. The second-order valence-electron chi connectivity index (χ2n) is 9.59. The fourth-order valence-electron chi connectivity index (χ4n) is 4.69. The van der Waals surface area contributed by atoms with Gasteiger partial charge in [-0.1, -0.05) is 18.2 Å². The van der Waals surface area contributed by atoms with Crippen molar-refractivity contribution < 1.29 is 32.2 Å². The van der Waals surface area contributed by atoms with Crippen molar-refractivity contribution in [2.75, 3.05) is 52.3 Å². The Kier molecular flexibility index (Phi) is 8.41. The first-order chi connectivity index (χ1) is 18.5. The van der Waals surface area contributed by atoms with Crippen molar-refractivity contribution in [2.45, 2.75) is 18.3 Å². The lowest BCUT2D eigenvalue weighted by atomic mass is 9.98. The van der Waals surface area contributed by atoms with E-state index in [-0.39, 0.29) is 29.9 Å². The summed E-state index contributed by atoms with van der Waals surface area (Å²) in [5.74, 6) is -0.0419. The minimum absolute atomic E-state index is 0.157. The third kappa shape index (κ3) is 6.48. The number of pyridine rings is 1. The highest BCUT2D eigenvalue weighted by molar-refractivity contribution is 6.00. The Bertz CT molecular complexity index is 1280. The number of carbonyl (C=O) groups is 1. The summed E-state index contributed by atoms with van der Waals surface area (Å²) >= 11 is 0. The number of amides is 1. The molecule has 1 amide bonds. The van der Waals surface area contributed by atoms with E-state index in [1.807, 2.05) is 11.0 Å². The molecule has 0 bridgehead atoms. The highest BCUT2D eigenvalue weighted by Gasteiger charge is 2.34. The Labute approximate surface area is 224 Å². The number of alkyl halides is 3. The molecular weight excluding hydrogens is 516 g/mol. The first kappa shape index (κ1) is 28.3. The molecule has 7 nitrogen and oxygen atoms in total. The van der Waals surface area contributed by atoms with Crippen LogP contribution >= 0.6 is 0 Å². The number of ether oxygens (including phenoxy) is 1. The van der Waals surface area contributed by atoms with Gasteiger partial charge in [-0.2, -0.15) is 13.2 Å². The van der Waals surface area contributed by atoms with Crippen LogP contribution in [-0.2, 0) is 6.18 Å². The van der Waals surface area contributed by atoms with Gasteiger partial charge in [0, 0.05) is 52.0 Å². The van der Waals surface area contributed by atoms with Crippen LogP contribution in [0.25, 0.3) is 0 Å². The molecule has 2 atom stereocenters. The lowest BCUT2D eigenvalue weighted by molar-refractivity contribution is -0.141. The number of benzene rings is 2. The van der Waals surface area contributed by atoms with E-state index < -0.39 is 18.0 Å². The molecule has 0 saturated carbocycles. The molecule has 208 valence electrons. The summed E-state index contributed by atoms with van der Waals surface area (Å²) in [4.78, 5) is 22.1. The molecule has 39 heavy (non-hydrogen) atoms. The van der Waals surface area contributed by atoms with E-state index in [0.29, 0.717) is 36.6 Å². The van der Waals surface area contributed by atoms with E-state index in [1.54, 1.807) is 38.4 Å². The molecule has 1 aliphatic heterocycles. The van der Waals surface area contributed by atoms with Crippen molar-refractivity contribution in [1.82, 2.24) is 14.8 Å². The molecule has 3 aromatic rings. The summed E-state index contributed by atoms with van der Waals surface area (Å²) in [6.07, 6.45) is -4.58. The summed E-state index contributed by atoms with van der Waals surface area (Å²) in [6.45, 7) is 1.55. The zero-order valence-electron chi connectivity index (χ0n) is 21.8. The number of piperazine rings is 1. The van der Waals surface area contributed by atoms with Crippen molar-refractivity contribution >= 4 is 11.6 Å². The maximum atomic E-state index is 13.8. The zero-order chi connectivity index (χ0) is 28.3. The number of methoxy groups -OCH3 is 1. The van der Waals surface area contributed by atoms with E-state index in [4.69, 9.17) is 4.74 Å². The van der Waals surface area contributed by atoms with Gasteiger partial charge in [-0.15, -0.1) is 0 Å². The Morgan fingerprint density at radius 3 is 2.44 bits per heavy atom. The van der Waals surface area contributed by atoms with Gasteiger partial charge in [0.1, 0.15) is 17.3 Å². The van der Waals surface area contributed by atoms with Crippen molar-refractivity contribution in [1.29, 1.82) is 0 Å². The lowest BCUT2D eigenvalue weighted by Crippen LogP contribution is -2.50. The average molecular weight is 547 g/mol. The molecule has 2 aromatic carbocycles. The molecule has 1 aliphatic rings. The van der Waals surface area contributed by atoms with Gasteiger partial charge in [0.2, 0.25) is 0 Å². The number of halogens is 4. The first-order valence-corrected chi connectivity index (χ1v) is 12.3. The summed E-state index contributed by atoms with van der Waals surface area (Å²) in [7, 11) is 4.85. The topological polar surface area (TPSA) is 69.1 Å². The number of anilines is 1. The fraction of sp³-hybridized carbons (Fsp3) is 0.357. The van der Waals surface area contributed by atoms with E-state index in [1.165, 1.54) is 30.2 Å². The van der Waals surface area contributed by atoms with Crippen LogP contribution in [0.1, 0.15) is 39.3 Å². The zero-order valence-corrected chi connectivity index (χ0v) is 21.8. The summed E-state index contributed by atoms with van der Waals surface area (Å²) in [6, 6.07) is 13.2. The third-order valence-corrected chi connectivity index (χ3v) is 6.76. The number of hydrogen-bond donors (Lipinski definition) is 1. The van der Waals surface area contributed by atoms with E-state index >= 15 is 0 Å². The molecule has 1 fully saturated rings. The summed E-state index contributed by atoms with van der Waals surface area (Å²) < 4.78 is 57.7. The van der Waals surface area contributed by atoms with Crippen LogP contribution < -0.4 is 9.64 Å². The Hall–Kier alpha value is -3.70. The van der Waals surface area contributed by atoms with Gasteiger partial charge in [-0.25, -0.2) is 4.39 Å². The molecule has 1 N–H and O–H groups in total. The monoisotopic (exact) mass is 546 g/mol. The van der Waals surface area contributed by atoms with Crippen molar-refractivity contribution in [2.24, 2.45) is 0 Å². The maximum Gasteiger partial charge on any atom is 0.433 e. The van der Waals surface area contributed by atoms with Crippen LogP contribution in [0.2, 0.25) is 0 Å². The van der Waals surface area contributed by atoms with Crippen LogP contribution in [0.5, 0.6) is 5.75 Å². The van der Waals surface area contributed by atoms with Gasteiger partial charge in [-0.05, 0) is 42.0 Å². The van der Waals surface area contributed by atoms with Gasteiger partial charge in [0.25, 0.3) is 5.91 Å². The molecule has 2 heterocycles. The fourth-order valence-corrected chi connectivity index (χ4v) is 4.69. The molecule has 11 heteroatoms. The van der Waals surface area contributed by atoms with E-state index in [9.17, 15) is 27.5 Å². The SMILES string of the molecule is COc1ccc(N2CCN(C[C@@H](O)c3ccc(C(F)(F)F)nc3)C[C@H]2c2ccc(F)cc2)c(C(=O)N(C)C)c1. The normalized spacial score (nSPS) is 17.1. The van der Waals surface area contributed by atoms with Crippen molar-refractivity contribution in [3.8, 4) is 5.75 Å². The van der Waals surface area contributed by atoms with Gasteiger partial charge < -0.3 is 19.6 Å². The van der Waals surface area contributed by atoms with E-state index in [0.717, 1.165) is 17.8 Å². The smallest absolute Gasteiger partial charge is 0.433 e. The molecule has 1 aromatic heterocycles. The molecule has 1 saturated heterocycles. The molecule has 0 unspecified atom stereocenters. The largest absolute Gasteiger partial charge is 0.497 e. The van der Waals surface area contributed by atoms with Gasteiger partial charge in [0.15, 0.2) is 0 Å². The minimum Gasteiger partial charge on any atom is -0.497 e. The molecular formula is C28H30F4N4O3. The number of aromatic nitrogens is 1. The Morgan fingerprint density at radius 1 is 1.13 bits per heavy atom. The van der Waals surface area contributed by atoms with Gasteiger partial charge in [-0.3, -0.25) is 14.7 Å². The first-order valence-electron chi connectivity index (χ1n) is 12.3. The van der Waals surface area contributed by atoms with Crippen LogP contribution in [0, 0.1) is 5.82 Å². The Morgan fingerprint density at radius 2 is 1.85 bits per heavy atom.